The largest absolute Gasteiger partial charge is 2.00 e. The van der Waals surface area contributed by atoms with Gasteiger partial charge < -0.3 is 16.4 Å². The van der Waals surface area contributed by atoms with Crippen LogP contribution in [-0.2, 0) is 0 Å². The van der Waals surface area contributed by atoms with Crippen LogP contribution in [0.25, 0.3) is 0 Å². The van der Waals surface area contributed by atoms with Crippen LogP contribution >= 0.6 is 0 Å². The zero-order valence-electron chi connectivity index (χ0n) is 4.23. The standard InChI is InChI=1S/2CH3O.Mg.H3N/c2*1-2;;/h2*1H3;;1H3/q2*-1;+2;. The van der Waals surface area contributed by atoms with E-state index in [4.69, 9.17) is 10.2 Å². The molecule has 0 rings (SSSR count). The first-order valence-corrected chi connectivity index (χ1v) is 0.816. The molecule has 0 aliphatic heterocycles. The Morgan fingerprint density at radius 1 is 0.833 bits per heavy atom. The quantitative estimate of drug-likeness (QED) is 0.351. The van der Waals surface area contributed by atoms with Gasteiger partial charge in [-0.3, -0.25) is 0 Å². The van der Waals surface area contributed by atoms with Crippen LogP contribution in [0.1, 0.15) is 0 Å². The van der Waals surface area contributed by atoms with E-state index in [2.05, 4.69) is 0 Å². The molecule has 0 saturated carbocycles. The first-order valence-electron chi connectivity index (χ1n) is 0.816. The fraction of sp³-hybridized carbons (Fsp3) is 1.00. The molecule has 0 fully saturated rings. The molecule has 0 atom stereocenters. The van der Waals surface area contributed by atoms with Gasteiger partial charge in [0.05, 0.1) is 0 Å². The van der Waals surface area contributed by atoms with Crippen molar-refractivity contribution in [2.24, 2.45) is 0 Å². The van der Waals surface area contributed by atoms with Gasteiger partial charge in [0.15, 0.2) is 0 Å². The van der Waals surface area contributed by atoms with E-state index in [0.717, 1.165) is 14.2 Å². The van der Waals surface area contributed by atoms with Gasteiger partial charge in [-0.25, -0.2) is 0 Å². The summed E-state index contributed by atoms with van der Waals surface area (Å²) >= 11 is 0. The van der Waals surface area contributed by atoms with Gasteiger partial charge in [-0.05, 0) is 0 Å². The summed E-state index contributed by atoms with van der Waals surface area (Å²) in [5.74, 6) is 0. The molecule has 0 heterocycles. The SMILES string of the molecule is C[O-].C[O-].N.[Mg+2]. The zero-order valence-corrected chi connectivity index (χ0v) is 5.64. The molecule has 0 spiro atoms. The minimum absolute atomic E-state index is 0. The fourth-order valence-electron chi connectivity index (χ4n) is 0. The van der Waals surface area contributed by atoms with Gasteiger partial charge in [-0.15, -0.1) is 0 Å². The summed E-state index contributed by atoms with van der Waals surface area (Å²) in [6.45, 7) is 0. The van der Waals surface area contributed by atoms with Crippen LogP contribution in [0.2, 0.25) is 0 Å². The Morgan fingerprint density at radius 3 is 0.833 bits per heavy atom. The average molecular weight is 103 g/mol. The van der Waals surface area contributed by atoms with Crippen molar-refractivity contribution in [2.75, 3.05) is 14.2 Å². The second-order valence-electron chi connectivity index (χ2n) is 0. The van der Waals surface area contributed by atoms with Gasteiger partial charge in [-0.2, -0.15) is 14.2 Å². The van der Waals surface area contributed by atoms with E-state index in [1.54, 1.807) is 0 Å². The maximum atomic E-state index is 8.25. The van der Waals surface area contributed by atoms with Crippen molar-refractivity contribution in [3.8, 4) is 0 Å². The number of rotatable bonds is 0. The second kappa shape index (κ2) is 292. The first-order chi connectivity index (χ1) is 2.00. The fourth-order valence-corrected chi connectivity index (χ4v) is 0. The Morgan fingerprint density at radius 2 is 0.833 bits per heavy atom. The van der Waals surface area contributed by atoms with Crippen LogP contribution in [0.4, 0.5) is 0 Å². The number of hydrogen-bond donors (Lipinski definition) is 1. The third-order valence-corrected chi connectivity index (χ3v) is 0. The number of hydrogen-bond acceptors (Lipinski definition) is 3. The molecule has 0 aliphatic rings. The maximum absolute atomic E-state index is 8.25. The predicted molar refractivity (Wildman–Crippen MR) is 22.6 cm³/mol. The molecule has 3 nitrogen and oxygen atoms in total. The zero-order chi connectivity index (χ0) is 4.00. The van der Waals surface area contributed by atoms with Gasteiger partial charge in [0, 0.05) is 0 Å². The van der Waals surface area contributed by atoms with Gasteiger partial charge in [0.1, 0.15) is 0 Å². The van der Waals surface area contributed by atoms with E-state index in [1.165, 1.54) is 0 Å². The summed E-state index contributed by atoms with van der Waals surface area (Å²) in [7, 11) is 1.50. The Hall–Kier alpha value is 0.646. The molecular formula is C2H9MgNO2. The van der Waals surface area contributed by atoms with Gasteiger partial charge >= 0.3 is 23.1 Å². The molecule has 0 saturated heterocycles. The summed E-state index contributed by atoms with van der Waals surface area (Å²) in [4.78, 5) is 0. The summed E-state index contributed by atoms with van der Waals surface area (Å²) < 4.78 is 0. The van der Waals surface area contributed by atoms with Crippen LogP contribution in [0, 0.1) is 0 Å². The third kappa shape index (κ3) is 148. The van der Waals surface area contributed by atoms with E-state index in [1.807, 2.05) is 0 Å². The average Bonchev–Trinajstić information content (AvgIpc) is 1.50. The molecule has 0 aromatic heterocycles. The summed E-state index contributed by atoms with van der Waals surface area (Å²) in [5.41, 5.74) is 0. The Kier molecular flexibility index (Phi) is 1470. The molecule has 0 aliphatic carbocycles. The van der Waals surface area contributed by atoms with Crippen molar-refractivity contribution in [2.45, 2.75) is 0 Å². The molecule has 0 amide bonds. The predicted octanol–water partition coefficient (Wildman–Crippen LogP) is -2.27. The van der Waals surface area contributed by atoms with Crippen molar-refractivity contribution >= 4 is 23.1 Å². The molecule has 0 unspecified atom stereocenters. The second-order valence-corrected chi connectivity index (χ2v) is 0. The van der Waals surface area contributed by atoms with Crippen LogP contribution in [0.15, 0.2) is 0 Å². The van der Waals surface area contributed by atoms with Crippen molar-refractivity contribution < 1.29 is 10.2 Å². The van der Waals surface area contributed by atoms with Crippen LogP contribution in [0.5, 0.6) is 0 Å². The van der Waals surface area contributed by atoms with E-state index < -0.39 is 0 Å². The third-order valence-electron chi connectivity index (χ3n) is 0. The molecule has 0 bridgehead atoms. The molecule has 3 N–H and O–H groups in total. The summed E-state index contributed by atoms with van der Waals surface area (Å²) in [6, 6.07) is 0. The van der Waals surface area contributed by atoms with E-state index in [0.29, 0.717) is 0 Å². The molecular weight excluding hydrogens is 94.3 g/mol. The Labute approximate surface area is 54.1 Å². The molecule has 0 aromatic rings. The Bertz CT molecular complexity index is 11.5. The smallest absolute Gasteiger partial charge is 0.857 e. The molecule has 36 valence electrons. The van der Waals surface area contributed by atoms with Crippen LogP contribution in [-0.4, -0.2) is 37.3 Å². The van der Waals surface area contributed by atoms with Crippen molar-refractivity contribution in [3.63, 3.8) is 0 Å². The van der Waals surface area contributed by atoms with Crippen molar-refractivity contribution in [3.05, 3.63) is 0 Å². The van der Waals surface area contributed by atoms with E-state index in [9.17, 15) is 0 Å². The monoisotopic (exact) mass is 103 g/mol. The van der Waals surface area contributed by atoms with Gasteiger partial charge in [0.2, 0.25) is 0 Å². The molecule has 6 heavy (non-hydrogen) atoms. The molecule has 4 heteroatoms. The van der Waals surface area contributed by atoms with Crippen molar-refractivity contribution in [1.82, 2.24) is 6.15 Å². The Balaban J connectivity index is -0.00000000500. The first kappa shape index (κ1) is 30.3. The minimum atomic E-state index is 0. The van der Waals surface area contributed by atoms with E-state index >= 15 is 0 Å². The van der Waals surface area contributed by atoms with Crippen LogP contribution < -0.4 is 16.4 Å². The summed E-state index contributed by atoms with van der Waals surface area (Å²) in [6.07, 6.45) is 0. The molecule has 0 radical (unpaired) electrons. The summed E-state index contributed by atoms with van der Waals surface area (Å²) in [5, 5.41) is 16.5. The van der Waals surface area contributed by atoms with Gasteiger partial charge in [-0.1, -0.05) is 0 Å². The molecule has 0 aromatic carbocycles. The van der Waals surface area contributed by atoms with Crippen molar-refractivity contribution in [1.29, 1.82) is 0 Å². The van der Waals surface area contributed by atoms with Gasteiger partial charge in [0.25, 0.3) is 0 Å². The maximum Gasteiger partial charge on any atom is 2.00 e. The topological polar surface area (TPSA) is 81.1 Å². The van der Waals surface area contributed by atoms with Crippen LogP contribution in [0.3, 0.4) is 0 Å². The van der Waals surface area contributed by atoms with E-state index in [-0.39, 0.29) is 29.2 Å². The normalized spacial score (nSPS) is 2.00. The minimum Gasteiger partial charge on any atom is -0.857 e.